The number of sulfonamides is 1. The van der Waals surface area contributed by atoms with Gasteiger partial charge in [0.15, 0.2) is 0 Å². The van der Waals surface area contributed by atoms with E-state index >= 15 is 0 Å². The second kappa shape index (κ2) is 7.23. The van der Waals surface area contributed by atoms with Gasteiger partial charge >= 0.3 is 0 Å². The van der Waals surface area contributed by atoms with Crippen molar-refractivity contribution in [3.63, 3.8) is 0 Å². The first-order valence-corrected chi connectivity index (χ1v) is 8.70. The molecule has 0 aliphatic heterocycles. The summed E-state index contributed by atoms with van der Waals surface area (Å²) in [5.74, 6) is -0.658. The third kappa shape index (κ3) is 5.48. The van der Waals surface area contributed by atoms with Crippen molar-refractivity contribution < 1.29 is 13.2 Å². The fourth-order valence-corrected chi connectivity index (χ4v) is 3.51. The predicted molar refractivity (Wildman–Crippen MR) is 78.2 cm³/mol. The standard InChI is InChI=1S/C11H17ClN2O3S2/c1-3-14-19(16,17)7-6-13-11(15)8(2)9-4-5-10(12)18-9/h4-5,8,14H,3,6-7H2,1-2H3,(H,13,15)/t8-/m0/s1. The number of hydrogen-bond acceptors (Lipinski definition) is 4. The molecule has 1 amide bonds. The monoisotopic (exact) mass is 324 g/mol. The van der Waals surface area contributed by atoms with Gasteiger partial charge in [-0.1, -0.05) is 18.5 Å². The van der Waals surface area contributed by atoms with E-state index in [1.54, 1.807) is 26.0 Å². The number of nitrogens with one attached hydrogen (secondary N) is 2. The van der Waals surface area contributed by atoms with Gasteiger partial charge in [0, 0.05) is 18.0 Å². The summed E-state index contributed by atoms with van der Waals surface area (Å²) in [6.45, 7) is 3.91. The summed E-state index contributed by atoms with van der Waals surface area (Å²) in [7, 11) is -3.30. The van der Waals surface area contributed by atoms with E-state index in [4.69, 9.17) is 11.6 Å². The quantitative estimate of drug-likeness (QED) is 0.799. The van der Waals surface area contributed by atoms with Crippen molar-refractivity contribution in [1.29, 1.82) is 0 Å². The van der Waals surface area contributed by atoms with Gasteiger partial charge in [0.25, 0.3) is 0 Å². The SMILES string of the molecule is CCNS(=O)(=O)CCNC(=O)[C@@H](C)c1ccc(Cl)s1. The van der Waals surface area contributed by atoms with Crippen LogP contribution in [0.2, 0.25) is 4.34 Å². The van der Waals surface area contributed by atoms with Crippen LogP contribution in [-0.4, -0.2) is 33.2 Å². The number of halogens is 1. The van der Waals surface area contributed by atoms with Crippen molar-refractivity contribution >= 4 is 38.9 Å². The lowest BCUT2D eigenvalue weighted by molar-refractivity contribution is -0.122. The molecule has 8 heteroatoms. The van der Waals surface area contributed by atoms with Crippen LogP contribution in [-0.2, 0) is 14.8 Å². The molecule has 0 radical (unpaired) electrons. The first-order chi connectivity index (χ1) is 8.85. The maximum absolute atomic E-state index is 11.8. The molecule has 0 aromatic carbocycles. The van der Waals surface area contributed by atoms with Crippen LogP contribution in [0, 0.1) is 0 Å². The van der Waals surface area contributed by atoms with E-state index in [1.165, 1.54) is 11.3 Å². The van der Waals surface area contributed by atoms with E-state index in [0.29, 0.717) is 10.9 Å². The van der Waals surface area contributed by atoms with Gasteiger partial charge < -0.3 is 5.32 Å². The second-order valence-corrected chi connectivity index (χ2v) is 7.64. The average Bonchev–Trinajstić information content (AvgIpc) is 2.74. The fraction of sp³-hybridized carbons (Fsp3) is 0.545. The summed E-state index contributed by atoms with van der Waals surface area (Å²) in [5.41, 5.74) is 0. The highest BCUT2D eigenvalue weighted by Gasteiger charge is 2.17. The largest absolute Gasteiger partial charge is 0.354 e. The van der Waals surface area contributed by atoms with E-state index in [0.717, 1.165) is 4.88 Å². The van der Waals surface area contributed by atoms with Crippen LogP contribution in [0.15, 0.2) is 12.1 Å². The van der Waals surface area contributed by atoms with Crippen LogP contribution in [0.4, 0.5) is 0 Å². The van der Waals surface area contributed by atoms with E-state index in [2.05, 4.69) is 10.0 Å². The lowest BCUT2D eigenvalue weighted by Gasteiger charge is -2.10. The molecule has 1 aromatic heterocycles. The van der Waals surface area contributed by atoms with Crippen LogP contribution in [0.25, 0.3) is 0 Å². The zero-order chi connectivity index (χ0) is 14.5. The Kier molecular flexibility index (Phi) is 6.25. The van der Waals surface area contributed by atoms with Gasteiger partial charge in [-0.15, -0.1) is 11.3 Å². The molecule has 1 aromatic rings. The molecule has 1 heterocycles. The molecule has 5 nitrogen and oxygen atoms in total. The summed E-state index contributed by atoms with van der Waals surface area (Å²) in [6.07, 6.45) is 0. The number of amides is 1. The van der Waals surface area contributed by atoms with E-state index in [1.807, 2.05) is 0 Å². The molecule has 0 saturated heterocycles. The zero-order valence-electron chi connectivity index (χ0n) is 10.8. The minimum absolute atomic E-state index is 0.0949. The number of rotatable bonds is 7. The maximum atomic E-state index is 11.8. The van der Waals surface area contributed by atoms with Crippen LogP contribution in [0.5, 0.6) is 0 Å². The van der Waals surface area contributed by atoms with Crippen molar-refractivity contribution in [2.24, 2.45) is 0 Å². The Labute approximate surface area is 122 Å². The Bertz CT molecular complexity index is 528. The number of carbonyl (C=O) groups is 1. The topological polar surface area (TPSA) is 75.3 Å². The van der Waals surface area contributed by atoms with Gasteiger partial charge in [0.1, 0.15) is 0 Å². The van der Waals surface area contributed by atoms with Crippen molar-refractivity contribution in [2.45, 2.75) is 19.8 Å². The van der Waals surface area contributed by atoms with Gasteiger partial charge in [0.05, 0.1) is 16.0 Å². The van der Waals surface area contributed by atoms with Gasteiger partial charge in [-0.3, -0.25) is 4.79 Å². The van der Waals surface area contributed by atoms with Crippen molar-refractivity contribution in [3.05, 3.63) is 21.3 Å². The van der Waals surface area contributed by atoms with Gasteiger partial charge in [0.2, 0.25) is 15.9 Å². The first kappa shape index (κ1) is 16.4. The Balaban J connectivity index is 2.44. The van der Waals surface area contributed by atoms with E-state index in [9.17, 15) is 13.2 Å². The Hall–Kier alpha value is -0.630. The number of carbonyl (C=O) groups excluding carboxylic acids is 1. The molecule has 0 saturated carbocycles. The highest BCUT2D eigenvalue weighted by molar-refractivity contribution is 7.89. The zero-order valence-corrected chi connectivity index (χ0v) is 13.2. The Morgan fingerprint density at radius 2 is 2.16 bits per heavy atom. The van der Waals surface area contributed by atoms with Gasteiger partial charge in [-0.05, 0) is 19.1 Å². The fourth-order valence-electron chi connectivity index (χ4n) is 1.44. The van der Waals surface area contributed by atoms with Crippen molar-refractivity contribution in [2.75, 3.05) is 18.8 Å². The third-order valence-corrected chi connectivity index (χ3v) is 5.33. The van der Waals surface area contributed by atoms with Crippen LogP contribution < -0.4 is 10.0 Å². The third-order valence-electron chi connectivity index (χ3n) is 2.45. The van der Waals surface area contributed by atoms with E-state index < -0.39 is 10.0 Å². The predicted octanol–water partition coefficient (Wildman–Crippen LogP) is 1.56. The molecule has 19 heavy (non-hydrogen) atoms. The molecule has 108 valence electrons. The maximum Gasteiger partial charge on any atom is 0.228 e. The van der Waals surface area contributed by atoms with Crippen LogP contribution >= 0.6 is 22.9 Å². The molecule has 0 unspecified atom stereocenters. The second-order valence-electron chi connectivity index (χ2n) is 3.97. The number of hydrogen-bond donors (Lipinski definition) is 2. The molecule has 0 aliphatic rings. The van der Waals surface area contributed by atoms with Crippen LogP contribution in [0.3, 0.4) is 0 Å². The summed E-state index contributed by atoms with van der Waals surface area (Å²) >= 11 is 7.15. The highest BCUT2D eigenvalue weighted by Crippen LogP contribution is 2.27. The Morgan fingerprint density at radius 1 is 1.47 bits per heavy atom. The van der Waals surface area contributed by atoms with Crippen molar-refractivity contribution in [3.8, 4) is 0 Å². The lowest BCUT2D eigenvalue weighted by atomic mass is 10.1. The molecular weight excluding hydrogens is 308 g/mol. The van der Waals surface area contributed by atoms with Gasteiger partial charge in [-0.2, -0.15) is 0 Å². The molecule has 1 atom stereocenters. The normalized spacial score (nSPS) is 13.2. The smallest absolute Gasteiger partial charge is 0.228 e. The molecular formula is C11H17ClN2O3S2. The van der Waals surface area contributed by atoms with Crippen molar-refractivity contribution in [1.82, 2.24) is 10.0 Å². The summed E-state index contributed by atoms with van der Waals surface area (Å²) < 4.78 is 25.7. The molecule has 0 aliphatic carbocycles. The van der Waals surface area contributed by atoms with Crippen LogP contribution in [0.1, 0.15) is 24.6 Å². The minimum Gasteiger partial charge on any atom is -0.354 e. The molecule has 2 N–H and O–H groups in total. The molecule has 0 bridgehead atoms. The average molecular weight is 325 g/mol. The Morgan fingerprint density at radius 3 is 2.68 bits per heavy atom. The summed E-state index contributed by atoms with van der Waals surface area (Å²) in [5, 5.41) is 2.61. The minimum atomic E-state index is -3.30. The highest BCUT2D eigenvalue weighted by atomic mass is 35.5. The summed E-state index contributed by atoms with van der Waals surface area (Å²) in [4.78, 5) is 12.7. The lowest BCUT2D eigenvalue weighted by Crippen LogP contribution is -2.35. The first-order valence-electron chi connectivity index (χ1n) is 5.86. The van der Waals surface area contributed by atoms with E-state index in [-0.39, 0.29) is 24.1 Å². The summed E-state index contributed by atoms with van der Waals surface area (Å²) in [6, 6.07) is 3.54. The van der Waals surface area contributed by atoms with Gasteiger partial charge in [-0.25, -0.2) is 13.1 Å². The molecule has 0 fully saturated rings. The number of thiophene rings is 1. The molecule has 0 spiro atoms. The molecule has 1 rings (SSSR count).